The Morgan fingerprint density at radius 3 is 2.63 bits per heavy atom. The van der Waals surface area contributed by atoms with Gasteiger partial charge in [-0.3, -0.25) is 9.59 Å². The molecule has 0 amide bonds. The molecule has 7 heteroatoms. The van der Waals surface area contributed by atoms with Crippen molar-refractivity contribution in [2.75, 3.05) is 6.61 Å². The lowest BCUT2D eigenvalue weighted by molar-refractivity contribution is -0.261. The van der Waals surface area contributed by atoms with Crippen LogP contribution in [0, 0.1) is 0 Å². The first-order valence-corrected chi connectivity index (χ1v) is 6.27. The second-order valence-corrected chi connectivity index (χ2v) is 4.66. The highest BCUT2D eigenvalue weighted by Crippen LogP contribution is 2.21. The Balaban J connectivity index is 2.18. The first-order chi connectivity index (χ1) is 8.90. The first-order valence-electron chi connectivity index (χ1n) is 6.27. The SMILES string of the molecule is C[C@@H]1O[C@@H](OCCCC(=O)CC(=O)O)[C@H](O)C[C@H]1O. The molecule has 1 fully saturated rings. The summed E-state index contributed by atoms with van der Waals surface area (Å²) >= 11 is 0. The quantitative estimate of drug-likeness (QED) is 0.431. The van der Waals surface area contributed by atoms with Gasteiger partial charge in [0, 0.05) is 12.8 Å². The number of aliphatic hydroxyl groups is 2. The lowest BCUT2D eigenvalue weighted by Gasteiger charge is -2.35. The van der Waals surface area contributed by atoms with Gasteiger partial charge in [0.15, 0.2) is 6.29 Å². The van der Waals surface area contributed by atoms with Crippen molar-refractivity contribution in [2.24, 2.45) is 0 Å². The molecule has 0 bridgehead atoms. The zero-order valence-electron chi connectivity index (χ0n) is 10.8. The van der Waals surface area contributed by atoms with Crippen LogP contribution in [0.3, 0.4) is 0 Å². The molecule has 1 heterocycles. The van der Waals surface area contributed by atoms with Crippen molar-refractivity contribution >= 4 is 11.8 Å². The van der Waals surface area contributed by atoms with Crippen molar-refractivity contribution in [3.8, 4) is 0 Å². The van der Waals surface area contributed by atoms with Gasteiger partial charge in [-0.05, 0) is 13.3 Å². The highest BCUT2D eigenvalue weighted by molar-refractivity contribution is 5.94. The molecule has 0 aromatic heterocycles. The number of aliphatic hydroxyl groups excluding tert-OH is 2. The molecule has 0 radical (unpaired) electrons. The van der Waals surface area contributed by atoms with Crippen LogP contribution in [-0.4, -0.2) is 58.3 Å². The lowest BCUT2D eigenvalue weighted by atomic mass is 10.0. The number of hydrogen-bond acceptors (Lipinski definition) is 6. The Labute approximate surface area is 111 Å². The maximum absolute atomic E-state index is 11.1. The molecule has 0 aliphatic carbocycles. The van der Waals surface area contributed by atoms with Crippen molar-refractivity contribution in [1.82, 2.24) is 0 Å². The van der Waals surface area contributed by atoms with Crippen LogP contribution in [0.15, 0.2) is 0 Å². The van der Waals surface area contributed by atoms with Gasteiger partial charge in [-0.15, -0.1) is 0 Å². The minimum atomic E-state index is -1.14. The highest BCUT2D eigenvalue weighted by Gasteiger charge is 2.34. The first kappa shape index (κ1) is 16.0. The van der Waals surface area contributed by atoms with Gasteiger partial charge in [0.25, 0.3) is 0 Å². The van der Waals surface area contributed by atoms with Crippen LogP contribution in [0.4, 0.5) is 0 Å². The Bertz CT molecular complexity index is 317. The average Bonchev–Trinajstić information content (AvgIpc) is 2.30. The van der Waals surface area contributed by atoms with E-state index in [1.165, 1.54) is 0 Å². The summed E-state index contributed by atoms with van der Waals surface area (Å²) in [7, 11) is 0. The van der Waals surface area contributed by atoms with E-state index in [0.29, 0.717) is 6.42 Å². The van der Waals surface area contributed by atoms with E-state index in [1.807, 2.05) is 0 Å². The van der Waals surface area contributed by atoms with Crippen molar-refractivity contribution in [2.45, 2.75) is 57.2 Å². The number of ketones is 1. The molecule has 7 nitrogen and oxygen atoms in total. The molecule has 4 atom stereocenters. The summed E-state index contributed by atoms with van der Waals surface area (Å²) in [6.07, 6.45) is -2.65. The van der Waals surface area contributed by atoms with Gasteiger partial charge in [-0.25, -0.2) is 0 Å². The Morgan fingerprint density at radius 2 is 2.00 bits per heavy atom. The third-order valence-corrected chi connectivity index (χ3v) is 2.92. The summed E-state index contributed by atoms with van der Waals surface area (Å²) in [4.78, 5) is 21.4. The standard InChI is InChI=1S/C12H20O7/c1-7-9(14)6-10(15)12(19-7)18-4-2-3-8(13)5-11(16)17/h7,9-10,12,14-15H,2-6H2,1H3,(H,16,17)/t7-,9+,10+,12+/m0/s1. The normalized spacial score (nSPS) is 31.1. The van der Waals surface area contributed by atoms with Crippen molar-refractivity contribution in [3.05, 3.63) is 0 Å². The molecule has 1 saturated heterocycles. The van der Waals surface area contributed by atoms with Gasteiger partial charge in [-0.2, -0.15) is 0 Å². The summed E-state index contributed by atoms with van der Waals surface area (Å²) in [5, 5.41) is 27.5. The number of aliphatic carboxylic acids is 1. The molecule has 1 aliphatic rings. The highest BCUT2D eigenvalue weighted by atomic mass is 16.7. The van der Waals surface area contributed by atoms with Crippen molar-refractivity contribution < 1.29 is 34.4 Å². The number of carboxylic acids is 1. The van der Waals surface area contributed by atoms with Crippen LogP contribution < -0.4 is 0 Å². The predicted octanol–water partition coefficient (Wildman–Crippen LogP) is -0.316. The molecule has 0 saturated carbocycles. The fraction of sp³-hybridized carbons (Fsp3) is 0.833. The van der Waals surface area contributed by atoms with Crippen molar-refractivity contribution in [3.63, 3.8) is 0 Å². The van der Waals surface area contributed by atoms with Crippen LogP contribution >= 0.6 is 0 Å². The molecular weight excluding hydrogens is 256 g/mol. The van der Waals surface area contributed by atoms with E-state index in [0.717, 1.165) is 0 Å². The smallest absolute Gasteiger partial charge is 0.310 e. The minimum Gasteiger partial charge on any atom is -0.481 e. The molecule has 0 spiro atoms. The van der Waals surface area contributed by atoms with Crippen LogP contribution in [0.1, 0.15) is 32.6 Å². The second kappa shape index (κ2) is 7.54. The summed E-state index contributed by atoms with van der Waals surface area (Å²) < 4.78 is 10.6. The monoisotopic (exact) mass is 276 g/mol. The van der Waals surface area contributed by atoms with Gasteiger partial charge < -0.3 is 24.8 Å². The molecule has 1 aliphatic heterocycles. The Kier molecular flexibility index (Phi) is 6.36. The van der Waals surface area contributed by atoms with Crippen LogP contribution in [-0.2, 0) is 19.1 Å². The van der Waals surface area contributed by atoms with Crippen molar-refractivity contribution in [1.29, 1.82) is 0 Å². The van der Waals surface area contributed by atoms with E-state index < -0.39 is 37.0 Å². The average molecular weight is 276 g/mol. The summed E-state index contributed by atoms with van der Waals surface area (Å²) in [6, 6.07) is 0. The zero-order valence-corrected chi connectivity index (χ0v) is 10.8. The summed E-state index contributed by atoms with van der Waals surface area (Å²) in [5.74, 6) is -1.50. The van der Waals surface area contributed by atoms with E-state index in [2.05, 4.69) is 0 Å². The Morgan fingerprint density at radius 1 is 1.32 bits per heavy atom. The van der Waals surface area contributed by atoms with E-state index in [9.17, 15) is 19.8 Å². The zero-order chi connectivity index (χ0) is 14.4. The van der Waals surface area contributed by atoms with Gasteiger partial charge in [0.05, 0.1) is 18.8 Å². The molecule has 0 unspecified atom stereocenters. The largest absolute Gasteiger partial charge is 0.481 e. The van der Waals surface area contributed by atoms with E-state index >= 15 is 0 Å². The molecule has 19 heavy (non-hydrogen) atoms. The topological polar surface area (TPSA) is 113 Å². The van der Waals surface area contributed by atoms with Gasteiger partial charge in [-0.1, -0.05) is 0 Å². The lowest BCUT2D eigenvalue weighted by Crippen LogP contribution is -2.47. The Hall–Kier alpha value is -1.02. The number of carbonyl (C=O) groups excluding carboxylic acids is 1. The van der Waals surface area contributed by atoms with Gasteiger partial charge >= 0.3 is 5.97 Å². The van der Waals surface area contributed by atoms with E-state index in [-0.39, 0.29) is 25.2 Å². The molecule has 110 valence electrons. The van der Waals surface area contributed by atoms with Gasteiger partial charge in [0.1, 0.15) is 18.3 Å². The predicted molar refractivity (Wildman–Crippen MR) is 63.4 cm³/mol. The maximum Gasteiger partial charge on any atom is 0.310 e. The molecular formula is C12H20O7. The fourth-order valence-electron chi connectivity index (χ4n) is 1.82. The molecule has 0 aromatic rings. The number of rotatable bonds is 7. The summed E-state index contributed by atoms with van der Waals surface area (Å²) in [5.41, 5.74) is 0. The summed E-state index contributed by atoms with van der Waals surface area (Å²) in [6.45, 7) is 1.87. The van der Waals surface area contributed by atoms with E-state index in [1.54, 1.807) is 6.92 Å². The number of Topliss-reactive ketones (excluding diaryl/α,β-unsaturated/α-hetero) is 1. The second-order valence-electron chi connectivity index (χ2n) is 4.66. The maximum atomic E-state index is 11.1. The number of carbonyl (C=O) groups is 2. The minimum absolute atomic E-state index is 0.118. The van der Waals surface area contributed by atoms with Crippen LogP contribution in [0.2, 0.25) is 0 Å². The third kappa shape index (κ3) is 5.65. The number of hydrogen-bond donors (Lipinski definition) is 3. The van der Waals surface area contributed by atoms with E-state index in [4.69, 9.17) is 14.6 Å². The molecule has 3 N–H and O–H groups in total. The number of carboxylic acid groups (broad SMARTS) is 1. The van der Waals surface area contributed by atoms with Crippen LogP contribution in [0.25, 0.3) is 0 Å². The fourth-order valence-corrected chi connectivity index (χ4v) is 1.82. The number of ether oxygens (including phenoxy) is 2. The molecule has 0 aromatic carbocycles. The molecule has 1 rings (SSSR count). The third-order valence-electron chi connectivity index (χ3n) is 2.92. The van der Waals surface area contributed by atoms with Crippen LogP contribution in [0.5, 0.6) is 0 Å². The van der Waals surface area contributed by atoms with Gasteiger partial charge in [0.2, 0.25) is 0 Å².